The Kier molecular flexibility index (Phi) is 3.73. The largest absolute Gasteiger partial charge is 0.478 e. The van der Waals surface area contributed by atoms with Gasteiger partial charge in [-0.2, -0.15) is 13.2 Å². The fourth-order valence-electron chi connectivity index (χ4n) is 2.28. The zero-order chi connectivity index (χ0) is 14.1. The number of halogens is 3. The predicted octanol–water partition coefficient (Wildman–Crippen LogP) is 1.82. The third-order valence-electron chi connectivity index (χ3n) is 3.22. The first-order valence-corrected chi connectivity index (χ1v) is 5.36. The molecule has 7 heteroatoms. The van der Waals surface area contributed by atoms with Crippen LogP contribution in [0, 0.1) is 5.92 Å². The number of hydrogen-bond donors (Lipinski definition) is 1. The van der Waals surface area contributed by atoms with E-state index in [1.54, 1.807) is 0 Å². The molecule has 1 rings (SSSR count). The van der Waals surface area contributed by atoms with Gasteiger partial charge in [-0.3, -0.25) is 4.79 Å². The highest BCUT2D eigenvalue weighted by Crippen LogP contribution is 2.44. The van der Waals surface area contributed by atoms with Crippen LogP contribution < -0.4 is 0 Å². The standard InChI is InChI=1S/C11H14F3NO3/c1-10(2)7(11(12,13)14)5-6-15(10)8(16)3-4-9(17)18/h3-4,7H,5-6H2,1-2H3,(H,17,18)/b4-3+. The molecule has 1 aliphatic rings. The lowest BCUT2D eigenvalue weighted by Crippen LogP contribution is -2.49. The second-order valence-corrected chi connectivity index (χ2v) is 4.70. The molecule has 102 valence electrons. The fourth-order valence-corrected chi connectivity index (χ4v) is 2.28. The van der Waals surface area contributed by atoms with Gasteiger partial charge in [-0.1, -0.05) is 0 Å². The Labute approximate surface area is 102 Å². The van der Waals surface area contributed by atoms with E-state index in [2.05, 4.69) is 0 Å². The van der Waals surface area contributed by atoms with Gasteiger partial charge in [-0.25, -0.2) is 4.79 Å². The Morgan fingerprint density at radius 1 is 1.33 bits per heavy atom. The first-order chi connectivity index (χ1) is 8.06. The number of carboxylic acid groups (broad SMARTS) is 1. The van der Waals surface area contributed by atoms with Crippen LogP contribution in [0.4, 0.5) is 13.2 Å². The van der Waals surface area contributed by atoms with Gasteiger partial charge in [0.25, 0.3) is 0 Å². The summed E-state index contributed by atoms with van der Waals surface area (Å²) >= 11 is 0. The number of nitrogens with zero attached hydrogens (tertiary/aromatic N) is 1. The number of carbonyl (C=O) groups excluding carboxylic acids is 1. The highest BCUT2D eigenvalue weighted by Gasteiger charge is 2.55. The molecule has 1 fully saturated rings. The Bertz CT molecular complexity index is 387. The van der Waals surface area contributed by atoms with Gasteiger partial charge in [0.1, 0.15) is 0 Å². The van der Waals surface area contributed by atoms with Crippen molar-refractivity contribution >= 4 is 11.9 Å². The molecule has 1 amide bonds. The second kappa shape index (κ2) is 4.62. The van der Waals surface area contributed by atoms with Crippen molar-refractivity contribution < 1.29 is 27.9 Å². The lowest BCUT2D eigenvalue weighted by molar-refractivity contribution is -0.191. The van der Waals surface area contributed by atoms with E-state index in [0.29, 0.717) is 6.08 Å². The number of alkyl halides is 3. The minimum atomic E-state index is -4.37. The zero-order valence-electron chi connectivity index (χ0n) is 9.99. The van der Waals surface area contributed by atoms with E-state index >= 15 is 0 Å². The summed E-state index contributed by atoms with van der Waals surface area (Å²) in [6.07, 6.45) is -3.12. The van der Waals surface area contributed by atoms with Crippen molar-refractivity contribution in [1.29, 1.82) is 0 Å². The van der Waals surface area contributed by atoms with Gasteiger partial charge >= 0.3 is 12.1 Å². The first kappa shape index (κ1) is 14.5. The summed E-state index contributed by atoms with van der Waals surface area (Å²) in [5.41, 5.74) is -1.36. The van der Waals surface area contributed by atoms with Gasteiger partial charge in [0, 0.05) is 24.2 Å². The maximum absolute atomic E-state index is 12.8. The van der Waals surface area contributed by atoms with Crippen molar-refractivity contribution in [2.75, 3.05) is 6.54 Å². The highest BCUT2D eigenvalue weighted by molar-refractivity contribution is 5.94. The van der Waals surface area contributed by atoms with Crippen LogP contribution >= 0.6 is 0 Å². The minimum Gasteiger partial charge on any atom is -0.478 e. The second-order valence-electron chi connectivity index (χ2n) is 4.70. The summed E-state index contributed by atoms with van der Waals surface area (Å²) in [5.74, 6) is -3.62. The van der Waals surface area contributed by atoms with Crippen molar-refractivity contribution in [1.82, 2.24) is 4.90 Å². The molecule has 1 heterocycles. The van der Waals surface area contributed by atoms with Gasteiger partial charge in [-0.05, 0) is 20.3 Å². The van der Waals surface area contributed by atoms with Crippen LogP contribution in [0.25, 0.3) is 0 Å². The summed E-state index contributed by atoms with van der Waals surface area (Å²) in [6, 6.07) is 0. The molecule has 1 unspecified atom stereocenters. The smallest absolute Gasteiger partial charge is 0.394 e. The third kappa shape index (κ3) is 2.83. The lowest BCUT2D eigenvalue weighted by Gasteiger charge is -2.36. The van der Waals surface area contributed by atoms with E-state index in [1.807, 2.05) is 0 Å². The van der Waals surface area contributed by atoms with Crippen LogP contribution in [-0.4, -0.2) is 40.1 Å². The van der Waals surface area contributed by atoms with Crippen LogP contribution in [0.1, 0.15) is 20.3 Å². The molecule has 0 bridgehead atoms. The van der Waals surface area contributed by atoms with Gasteiger partial charge in [0.15, 0.2) is 0 Å². The van der Waals surface area contributed by atoms with Crippen LogP contribution in [0.3, 0.4) is 0 Å². The molecule has 1 saturated heterocycles. The van der Waals surface area contributed by atoms with E-state index in [-0.39, 0.29) is 13.0 Å². The molecule has 0 aliphatic carbocycles. The van der Waals surface area contributed by atoms with Crippen LogP contribution in [0.5, 0.6) is 0 Å². The molecule has 0 saturated carbocycles. The number of amides is 1. The van der Waals surface area contributed by atoms with Gasteiger partial charge in [-0.15, -0.1) is 0 Å². The van der Waals surface area contributed by atoms with Crippen molar-refractivity contribution in [3.8, 4) is 0 Å². The number of aliphatic carboxylic acids is 1. The Hall–Kier alpha value is -1.53. The van der Waals surface area contributed by atoms with Crippen LogP contribution in [0.2, 0.25) is 0 Å². The van der Waals surface area contributed by atoms with Crippen molar-refractivity contribution in [2.45, 2.75) is 32.0 Å². The number of hydrogen-bond acceptors (Lipinski definition) is 2. The van der Waals surface area contributed by atoms with Crippen LogP contribution in [0.15, 0.2) is 12.2 Å². The SMILES string of the molecule is CC1(C)C(C(F)(F)F)CCN1C(=O)/C=C/C(=O)O. The zero-order valence-corrected chi connectivity index (χ0v) is 9.99. The average Bonchev–Trinajstić information content (AvgIpc) is 2.49. The Morgan fingerprint density at radius 3 is 2.28 bits per heavy atom. The molecule has 1 atom stereocenters. The monoisotopic (exact) mass is 265 g/mol. The van der Waals surface area contributed by atoms with Gasteiger partial charge in [0.2, 0.25) is 5.91 Å². The fraction of sp³-hybridized carbons (Fsp3) is 0.636. The topological polar surface area (TPSA) is 57.6 Å². The third-order valence-corrected chi connectivity index (χ3v) is 3.22. The molecular weight excluding hydrogens is 251 g/mol. The predicted molar refractivity (Wildman–Crippen MR) is 56.7 cm³/mol. The molecular formula is C11H14F3NO3. The summed E-state index contributed by atoms with van der Waals surface area (Å²) in [7, 11) is 0. The Morgan fingerprint density at radius 2 is 1.89 bits per heavy atom. The molecule has 0 aromatic heterocycles. The summed E-state index contributed by atoms with van der Waals surface area (Å²) in [6.45, 7) is 2.65. The number of carbonyl (C=O) groups is 2. The molecule has 0 radical (unpaired) electrons. The molecule has 1 N–H and O–H groups in total. The average molecular weight is 265 g/mol. The minimum absolute atomic E-state index is 0.0278. The lowest BCUT2D eigenvalue weighted by atomic mass is 9.88. The van der Waals surface area contributed by atoms with E-state index in [9.17, 15) is 22.8 Å². The van der Waals surface area contributed by atoms with E-state index < -0.39 is 29.5 Å². The molecule has 0 aromatic rings. The quantitative estimate of drug-likeness (QED) is 0.775. The van der Waals surface area contributed by atoms with Crippen molar-refractivity contribution in [3.63, 3.8) is 0 Å². The normalized spacial score (nSPS) is 23.6. The van der Waals surface area contributed by atoms with E-state index in [4.69, 9.17) is 5.11 Å². The molecule has 1 aliphatic heterocycles. The molecule has 0 aromatic carbocycles. The number of likely N-dealkylation sites (tertiary alicyclic amines) is 1. The first-order valence-electron chi connectivity index (χ1n) is 5.36. The number of carboxylic acids is 1. The van der Waals surface area contributed by atoms with Gasteiger partial charge in [0.05, 0.1) is 5.92 Å². The summed E-state index contributed by atoms with van der Waals surface area (Å²) in [5, 5.41) is 8.38. The maximum atomic E-state index is 12.8. The molecule has 18 heavy (non-hydrogen) atoms. The highest BCUT2D eigenvalue weighted by atomic mass is 19.4. The van der Waals surface area contributed by atoms with Crippen molar-refractivity contribution in [2.24, 2.45) is 5.92 Å². The van der Waals surface area contributed by atoms with Crippen LogP contribution in [-0.2, 0) is 9.59 Å². The molecule has 0 spiro atoms. The van der Waals surface area contributed by atoms with Gasteiger partial charge < -0.3 is 10.0 Å². The van der Waals surface area contributed by atoms with E-state index in [1.165, 1.54) is 13.8 Å². The van der Waals surface area contributed by atoms with E-state index in [0.717, 1.165) is 11.0 Å². The Balaban J connectivity index is 2.88. The molecule has 4 nitrogen and oxygen atoms in total. The maximum Gasteiger partial charge on any atom is 0.394 e. The summed E-state index contributed by atoms with van der Waals surface area (Å²) < 4.78 is 38.3. The number of rotatable bonds is 2. The summed E-state index contributed by atoms with van der Waals surface area (Å²) in [4.78, 5) is 23.0. The van der Waals surface area contributed by atoms with Crippen molar-refractivity contribution in [3.05, 3.63) is 12.2 Å².